The van der Waals surface area contributed by atoms with Crippen LogP contribution in [0.3, 0.4) is 0 Å². The smallest absolute Gasteiger partial charge is 0.0701 e. The van der Waals surface area contributed by atoms with Crippen LogP contribution in [0.5, 0.6) is 0 Å². The van der Waals surface area contributed by atoms with Crippen LogP contribution in [-0.2, 0) is 14.2 Å². The molecular formula is C13H29NO3S. The van der Waals surface area contributed by atoms with Crippen LogP contribution in [0.4, 0.5) is 0 Å². The van der Waals surface area contributed by atoms with Crippen LogP contribution in [0.2, 0.25) is 0 Å². The van der Waals surface area contributed by atoms with E-state index in [0.717, 1.165) is 31.1 Å². The summed E-state index contributed by atoms with van der Waals surface area (Å²) >= 11 is 1.89. The van der Waals surface area contributed by atoms with E-state index in [1.165, 1.54) is 0 Å². The summed E-state index contributed by atoms with van der Waals surface area (Å²) in [6.07, 6.45) is 1.04. The highest BCUT2D eigenvalue weighted by Gasteiger charge is 2.09. The molecule has 0 aromatic heterocycles. The summed E-state index contributed by atoms with van der Waals surface area (Å²) in [6, 6.07) is 0. The molecule has 0 aromatic carbocycles. The second kappa shape index (κ2) is 12.2. The Hall–Kier alpha value is 0.190. The van der Waals surface area contributed by atoms with Crippen LogP contribution in [0.1, 0.15) is 27.2 Å². The number of hydrogen-bond acceptors (Lipinski definition) is 5. The van der Waals surface area contributed by atoms with Crippen molar-refractivity contribution in [2.75, 3.05) is 51.1 Å². The molecular weight excluding hydrogens is 250 g/mol. The van der Waals surface area contributed by atoms with Gasteiger partial charge in [0.05, 0.1) is 33.0 Å². The van der Waals surface area contributed by atoms with Gasteiger partial charge in [0.25, 0.3) is 0 Å². The molecule has 0 atom stereocenters. The summed E-state index contributed by atoms with van der Waals surface area (Å²) in [4.78, 5) is 0. The first-order chi connectivity index (χ1) is 8.56. The Balaban J connectivity index is 2.99. The van der Waals surface area contributed by atoms with Crippen LogP contribution >= 0.6 is 11.8 Å². The van der Waals surface area contributed by atoms with E-state index < -0.39 is 0 Å². The summed E-state index contributed by atoms with van der Waals surface area (Å²) in [7, 11) is 0. The van der Waals surface area contributed by atoms with Crippen LogP contribution in [0, 0.1) is 0 Å². The first-order valence-corrected chi connectivity index (χ1v) is 7.81. The third kappa shape index (κ3) is 16.2. The highest BCUT2D eigenvalue weighted by Crippen LogP contribution is 2.10. The minimum Gasteiger partial charge on any atom is -0.379 e. The van der Waals surface area contributed by atoms with E-state index in [2.05, 4.69) is 13.8 Å². The van der Waals surface area contributed by atoms with E-state index in [9.17, 15) is 0 Å². The summed E-state index contributed by atoms with van der Waals surface area (Å²) in [5.41, 5.74) is 5.84. The van der Waals surface area contributed by atoms with Crippen LogP contribution in [0.15, 0.2) is 0 Å². The van der Waals surface area contributed by atoms with E-state index in [4.69, 9.17) is 19.9 Å². The van der Waals surface area contributed by atoms with Gasteiger partial charge in [-0.2, -0.15) is 11.8 Å². The summed E-state index contributed by atoms with van der Waals surface area (Å²) < 4.78 is 15.9. The normalized spacial score (nSPS) is 12.0. The lowest BCUT2D eigenvalue weighted by atomic mass is 10.0. The maximum Gasteiger partial charge on any atom is 0.0701 e. The Morgan fingerprint density at radius 2 is 1.44 bits per heavy atom. The van der Waals surface area contributed by atoms with Crippen molar-refractivity contribution in [2.24, 2.45) is 5.73 Å². The molecule has 0 aliphatic rings. The molecule has 0 saturated carbocycles. The Bertz CT molecular complexity index is 174. The first kappa shape index (κ1) is 18.2. The number of thioether (sulfide) groups is 1. The van der Waals surface area contributed by atoms with E-state index in [-0.39, 0.29) is 5.54 Å². The fraction of sp³-hybridized carbons (Fsp3) is 1.00. The molecule has 2 N–H and O–H groups in total. The third-order valence-corrected chi connectivity index (χ3v) is 3.16. The van der Waals surface area contributed by atoms with Crippen molar-refractivity contribution in [1.29, 1.82) is 0 Å². The molecule has 0 amide bonds. The van der Waals surface area contributed by atoms with Gasteiger partial charge in [0, 0.05) is 17.9 Å². The van der Waals surface area contributed by atoms with Crippen molar-refractivity contribution in [1.82, 2.24) is 0 Å². The van der Waals surface area contributed by atoms with Gasteiger partial charge >= 0.3 is 0 Å². The molecule has 18 heavy (non-hydrogen) atoms. The summed E-state index contributed by atoms with van der Waals surface area (Å²) in [5.74, 6) is 2.12. The molecule has 0 saturated heterocycles. The van der Waals surface area contributed by atoms with Gasteiger partial charge in [-0.25, -0.2) is 0 Å². The van der Waals surface area contributed by atoms with E-state index in [0.29, 0.717) is 26.4 Å². The molecule has 0 aliphatic heterocycles. The van der Waals surface area contributed by atoms with Gasteiger partial charge in [-0.3, -0.25) is 0 Å². The lowest BCUT2D eigenvalue weighted by molar-refractivity contribution is 0.0200. The van der Waals surface area contributed by atoms with Crippen molar-refractivity contribution in [3.8, 4) is 0 Å². The SMILES string of the molecule is CCOCCOCCOCCSCCC(C)(C)N. The van der Waals surface area contributed by atoms with E-state index >= 15 is 0 Å². The minimum atomic E-state index is -0.0533. The zero-order chi connectivity index (χ0) is 13.7. The van der Waals surface area contributed by atoms with Crippen molar-refractivity contribution < 1.29 is 14.2 Å². The summed E-state index contributed by atoms with van der Waals surface area (Å²) in [6.45, 7) is 10.3. The predicted octanol–water partition coefficient (Wildman–Crippen LogP) is 1.92. The molecule has 0 spiro atoms. The molecule has 0 rings (SSSR count). The highest BCUT2D eigenvalue weighted by atomic mass is 32.2. The van der Waals surface area contributed by atoms with Crippen LogP contribution in [0.25, 0.3) is 0 Å². The van der Waals surface area contributed by atoms with Crippen molar-refractivity contribution in [3.05, 3.63) is 0 Å². The lowest BCUT2D eigenvalue weighted by Crippen LogP contribution is -2.32. The molecule has 0 aromatic rings. The molecule has 0 heterocycles. The molecule has 0 bridgehead atoms. The lowest BCUT2D eigenvalue weighted by Gasteiger charge is -2.17. The maximum atomic E-state index is 5.89. The third-order valence-electron chi connectivity index (χ3n) is 2.21. The van der Waals surface area contributed by atoms with Gasteiger partial charge in [0.1, 0.15) is 0 Å². The van der Waals surface area contributed by atoms with E-state index in [1.807, 2.05) is 18.7 Å². The molecule has 0 aliphatic carbocycles. The molecule has 0 radical (unpaired) electrons. The second-order valence-electron chi connectivity index (χ2n) is 4.77. The number of ether oxygens (including phenoxy) is 3. The molecule has 0 fully saturated rings. The largest absolute Gasteiger partial charge is 0.379 e. The van der Waals surface area contributed by atoms with Crippen LogP contribution in [-0.4, -0.2) is 56.7 Å². The molecule has 110 valence electrons. The average Bonchev–Trinajstić information content (AvgIpc) is 2.29. The van der Waals surface area contributed by atoms with Gasteiger partial charge in [-0.1, -0.05) is 0 Å². The molecule has 4 nitrogen and oxygen atoms in total. The number of rotatable bonds is 13. The predicted molar refractivity (Wildman–Crippen MR) is 78.3 cm³/mol. The van der Waals surface area contributed by atoms with Crippen molar-refractivity contribution in [3.63, 3.8) is 0 Å². The van der Waals surface area contributed by atoms with Crippen molar-refractivity contribution in [2.45, 2.75) is 32.7 Å². The van der Waals surface area contributed by atoms with E-state index in [1.54, 1.807) is 0 Å². The molecule has 5 heteroatoms. The maximum absolute atomic E-state index is 5.89. The van der Waals surface area contributed by atoms with Gasteiger partial charge in [0.15, 0.2) is 0 Å². The Labute approximate surface area is 116 Å². The second-order valence-corrected chi connectivity index (χ2v) is 6.00. The zero-order valence-electron chi connectivity index (χ0n) is 12.1. The van der Waals surface area contributed by atoms with Gasteiger partial charge < -0.3 is 19.9 Å². The fourth-order valence-electron chi connectivity index (χ4n) is 1.14. The number of hydrogen-bond donors (Lipinski definition) is 1. The van der Waals surface area contributed by atoms with Gasteiger partial charge in [-0.05, 0) is 32.9 Å². The Kier molecular flexibility index (Phi) is 12.4. The zero-order valence-corrected chi connectivity index (χ0v) is 12.9. The summed E-state index contributed by atoms with van der Waals surface area (Å²) in [5, 5.41) is 0. The average molecular weight is 279 g/mol. The van der Waals surface area contributed by atoms with Crippen molar-refractivity contribution >= 4 is 11.8 Å². The minimum absolute atomic E-state index is 0.0533. The standard InChI is InChI=1S/C13H29NO3S/c1-4-15-6-7-16-8-9-17-10-12-18-11-5-13(2,3)14/h4-12,14H2,1-3H3. The number of nitrogens with two attached hydrogens (primary N) is 1. The Morgan fingerprint density at radius 3 is 2.00 bits per heavy atom. The quantitative estimate of drug-likeness (QED) is 0.522. The Morgan fingerprint density at radius 1 is 0.889 bits per heavy atom. The van der Waals surface area contributed by atoms with Gasteiger partial charge in [0.2, 0.25) is 0 Å². The van der Waals surface area contributed by atoms with Gasteiger partial charge in [-0.15, -0.1) is 0 Å². The topological polar surface area (TPSA) is 53.7 Å². The van der Waals surface area contributed by atoms with Crippen LogP contribution < -0.4 is 5.73 Å². The fourth-order valence-corrected chi connectivity index (χ4v) is 2.25. The molecule has 0 unspecified atom stereocenters. The monoisotopic (exact) mass is 279 g/mol. The highest BCUT2D eigenvalue weighted by molar-refractivity contribution is 7.99. The first-order valence-electron chi connectivity index (χ1n) is 6.66.